The van der Waals surface area contributed by atoms with E-state index in [0.717, 1.165) is 24.7 Å². The van der Waals surface area contributed by atoms with Crippen molar-refractivity contribution in [2.24, 2.45) is 4.99 Å². The van der Waals surface area contributed by atoms with E-state index in [1.165, 1.54) is 5.56 Å². The second kappa shape index (κ2) is 7.58. The average molecular weight is 249 g/mol. The Morgan fingerprint density at radius 3 is 2.50 bits per heavy atom. The van der Waals surface area contributed by atoms with E-state index in [9.17, 15) is 0 Å². The summed E-state index contributed by atoms with van der Waals surface area (Å²) in [7, 11) is 5.32. The second-order valence-electron chi connectivity index (χ2n) is 4.21. The van der Waals surface area contributed by atoms with Crippen LogP contribution >= 0.6 is 0 Å². The average Bonchev–Trinajstić information content (AvgIpc) is 2.43. The highest BCUT2D eigenvalue weighted by Gasteiger charge is 2.05. The molecule has 0 saturated heterocycles. The van der Waals surface area contributed by atoms with Gasteiger partial charge >= 0.3 is 0 Å². The first kappa shape index (κ1) is 14.4. The van der Waals surface area contributed by atoms with Gasteiger partial charge in [0.15, 0.2) is 5.96 Å². The quantitative estimate of drug-likeness (QED) is 0.619. The molecule has 0 radical (unpaired) electrons. The molecule has 0 spiro atoms. The molecule has 1 atom stereocenters. The highest BCUT2D eigenvalue weighted by Crippen LogP contribution is 2.21. The van der Waals surface area contributed by atoms with E-state index in [1.54, 1.807) is 14.2 Å². The van der Waals surface area contributed by atoms with Crippen molar-refractivity contribution in [2.75, 3.05) is 27.7 Å². The van der Waals surface area contributed by atoms with Crippen LogP contribution in [0.5, 0.6) is 5.75 Å². The molecular formula is C14H23N3O. The van der Waals surface area contributed by atoms with Crippen LogP contribution in [-0.4, -0.2) is 33.7 Å². The number of hydrogen-bond acceptors (Lipinski definition) is 2. The van der Waals surface area contributed by atoms with Gasteiger partial charge in [0.1, 0.15) is 5.75 Å². The number of nitrogens with zero attached hydrogens (tertiary/aromatic N) is 1. The Kier molecular flexibility index (Phi) is 6.05. The van der Waals surface area contributed by atoms with Crippen molar-refractivity contribution in [3.63, 3.8) is 0 Å². The summed E-state index contributed by atoms with van der Waals surface area (Å²) >= 11 is 0. The molecule has 0 aliphatic heterocycles. The maximum Gasteiger partial charge on any atom is 0.190 e. The highest BCUT2D eigenvalue weighted by atomic mass is 16.5. The van der Waals surface area contributed by atoms with Gasteiger partial charge in [-0.1, -0.05) is 19.1 Å². The van der Waals surface area contributed by atoms with Crippen molar-refractivity contribution in [3.05, 3.63) is 29.8 Å². The molecule has 0 fully saturated rings. The molecule has 1 rings (SSSR count). The predicted octanol–water partition coefficient (Wildman–Crippen LogP) is 1.98. The smallest absolute Gasteiger partial charge is 0.190 e. The number of benzene rings is 1. The number of aliphatic imine (C=N–C) groups is 1. The first-order chi connectivity index (χ1) is 8.71. The third-order valence-corrected chi connectivity index (χ3v) is 3.02. The topological polar surface area (TPSA) is 45.7 Å². The van der Waals surface area contributed by atoms with Gasteiger partial charge in [-0.25, -0.2) is 0 Å². The molecule has 1 aromatic rings. The molecule has 100 valence electrons. The molecule has 1 aromatic carbocycles. The fourth-order valence-corrected chi connectivity index (χ4v) is 1.79. The first-order valence-corrected chi connectivity index (χ1v) is 6.23. The van der Waals surface area contributed by atoms with Crippen LogP contribution in [0.25, 0.3) is 0 Å². The van der Waals surface area contributed by atoms with Gasteiger partial charge in [-0.3, -0.25) is 4.99 Å². The minimum atomic E-state index is 0.512. The fraction of sp³-hybridized carbons (Fsp3) is 0.500. The van der Waals surface area contributed by atoms with Gasteiger partial charge in [-0.2, -0.15) is 0 Å². The van der Waals surface area contributed by atoms with E-state index in [-0.39, 0.29) is 0 Å². The summed E-state index contributed by atoms with van der Waals surface area (Å²) in [6.45, 7) is 3.13. The van der Waals surface area contributed by atoms with Crippen LogP contribution in [0, 0.1) is 0 Å². The van der Waals surface area contributed by atoms with Crippen molar-refractivity contribution in [1.82, 2.24) is 10.6 Å². The van der Waals surface area contributed by atoms with Crippen LogP contribution in [-0.2, 0) is 0 Å². The van der Waals surface area contributed by atoms with E-state index < -0.39 is 0 Å². The predicted molar refractivity (Wildman–Crippen MR) is 76.4 cm³/mol. The maximum atomic E-state index is 5.15. The van der Waals surface area contributed by atoms with Crippen molar-refractivity contribution in [1.29, 1.82) is 0 Å². The highest BCUT2D eigenvalue weighted by molar-refractivity contribution is 5.79. The summed E-state index contributed by atoms with van der Waals surface area (Å²) < 4.78 is 5.15. The van der Waals surface area contributed by atoms with Crippen LogP contribution < -0.4 is 15.4 Å². The fourth-order valence-electron chi connectivity index (χ4n) is 1.79. The van der Waals surface area contributed by atoms with Crippen molar-refractivity contribution < 1.29 is 4.74 Å². The molecule has 0 bridgehead atoms. The van der Waals surface area contributed by atoms with Crippen molar-refractivity contribution in [3.8, 4) is 5.75 Å². The van der Waals surface area contributed by atoms with Gasteiger partial charge in [0.2, 0.25) is 0 Å². The van der Waals surface area contributed by atoms with Gasteiger partial charge in [0, 0.05) is 20.6 Å². The van der Waals surface area contributed by atoms with Crippen molar-refractivity contribution in [2.45, 2.75) is 19.3 Å². The molecule has 0 saturated carbocycles. The molecule has 0 aromatic heterocycles. The zero-order valence-corrected chi connectivity index (χ0v) is 11.7. The number of guanidine groups is 1. The maximum absolute atomic E-state index is 5.15. The van der Waals surface area contributed by atoms with Crippen LogP contribution in [0.15, 0.2) is 29.3 Å². The summed E-state index contributed by atoms with van der Waals surface area (Å²) in [6.07, 6.45) is 1.06. The summed E-state index contributed by atoms with van der Waals surface area (Å²) in [4.78, 5) is 4.08. The molecule has 2 N–H and O–H groups in total. The van der Waals surface area contributed by atoms with Gasteiger partial charge in [0.25, 0.3) is 0 Å². The van der Waals surface area contributed by atoms with E-state index in [2.05, 4.69) is 34.7 Å². The summed E-state index contributed by atoms with van der Waals surface area (Å²) in [6, 6.07) is 8.25. The molecule has 0 unspecified atom stereocenters. The molecule has 0 heterocycles. The monoisotopic (exact) mass is 249 g/mol. The molecule has 4 nitrogen and oxygen atoms in total. The molecular weight excluding hydrogens is 226 g/mol. The lowest BCUT2D eigenvalue weighted by Gasteiger charge is -2.14. The lowest BCUT2D eigenvalue weighted by atomic mass is 9.98. The Morgan fingerprint density at radius 2 is 2.00 bits per heavy atom. The van der Waals surface area contributed by atoms with Crippen LogP contribution in [0.4, 0.5) is 0 Å². The SMILES string of the molecule is CN=C(NC)NCC[C@@H](C)c1ccc(OC)cc1. The van der Waals surface area contributed by atoms with Crippen LogP contribution in [0.2, 0.25) is 0 Å². The standard InChI is InChI=1S/C14H23N3O/c1-11(9-10-17-14(15-2)16-3)12-5-7-13(18-4)8-6-12/h5-8,11H,9-10H2,1-4H3,(H2,15,16,17)/t11-/m1/s1. The number of nitrogens with one attached hydrogen (secondary N) is 2. The Balaban J connectivity index is 2.42. The van der Waals surface area contributed by atoms with Crippen LogP contribution in [0.3, 0.4) is 0 Å². The van der Waals surface area contributed by atoms with E-state index in [1.807, 2.05) is 19.2 Å². The van der Waals surface area contributed by atoms with Gasteiger partial charge < -0.3 is 15.4 Å². The molecule has 0 aliphatic rings. The van der Waals surface area contributed by atoms with Gasteiger partial charge in [0.05, 0.1) is 7.11 Å². The normalized spacial score (nSPS) is 13.0. The second-order valence-corrected chi connectivity index (χ2v) is 4.21. The van der Waals surface area contributed by atoms with E-state index >= 15 is 0 Å². The lowest BCUT2D eigenvalue weighted by molar-refractivity contribution is 0.414. The Bertz CT molecular complexity index is 373. The number of methoxy groups -OCH3 is 1. The zero-order valence-electron chi connectivity index (χ0n) is 11.7. The number of rotatable bonds is 5. The Hall–Kier alpha value is -1.71. The summed E-state index contributed by atoms with van der Waals surface area (Å²) in [5, 5.41) is 6.26. The third kappa shape index (κ3) is 4.28. The minimum absolute atomic E-state index is 0.512. The van der Waals surface area contributed by atoms with Gasteiger partial charge in [-0.15, -0.1) is 0 Å². The Labute approximate surface area is 109 Å². The number of hydrogen-bond donors (Lipinski definition) is 2. The molecule has 0 amide bonds. The summed E-state index contributed by atoms with van der Waals surface area (Å²) in [5.74, 6) is 2.25. The van der Waals surface area contributed by atoms with E-state index in [0.29, 0.717) is 5.92 Å². The zero-order chi connectivity index (χ0) is 13.4. The minimum Gasteiger partial charge on any atom is -0.497 e. The van der Waals surface area contributed by atoms with Gasteiger partial charge in [-0.05, 0) is 30.0 Å². The first-order valence-electron chi connectivity index (χ1n) is 6.23. The molecule has 0 aliphatic carbocycles. The number of ether oxygens (including phenoxy) is 1. The largest absolute Gasteiger partial charge is 0.497 e. The molecule has 18 heavy (non-hydrogen) atoms. The van der Waals surface area contributed by atoms with Crippen molar-refractivity contribution >= 4 is 5.96 Å². The van der Waals surface area contributed by atoms with E-state index in [4.69, 9.17) is 4.74 Å². The Morgan fingerprint density at radius 1 is 1.33 bits per heavy atom. The summed E-state index contributed by atoms with van der Waals surface area (Å²) in [5.41, 5.74) is 1.33. The van der Waals surface area contributed by atoms with Crippen LogP contribution in [0.1, 0.15) is 24.8 Å². The molecule has 4 heteroatoms. The lowest BCUT2D eigenvalue weighted by Crippen LogP contribution is -2.35. The third-order valence-electron chi connectivity index (χ3n) is 3.02.